The lowest BCUT2D eigenvalue weighted by molar-refractivity contribution is 0.405. The SMILES string of the molecule is CCC(N[C@@H](C)c1cccc(C)c1)C1CC1. The summed E-state index contributed by atoms with van der Waals surface area (Å²) >= 11 is 0. The predicted octanol–water partition coefficient (Wildman–Crippen LogP) is 3.83. The Labute approximate surface area is 99.3 Å². The van der Waals surface area contributed by atoms with Gasteiger partial charge < -0.3 is 5.32 Å². The molecule has 0 aliphatic heterocycles. The molecule has 1 aliphatic rings. The van der Waals surface area contributed by atoms with E-state index in [-0.39, 0.29) is 0 Å². The van der Waals surface area contributed by atoms with Crippen molar-refractivity contribution in [3.05, 3.63) is 35.4 Å². The summed E-state index contributed by atoms with van der Waals surface area (Å²) in [6, 6.07) is 10.0. The zero-order chi connectivity index (χ0) is 11.5. The quantitative estimate of drug-likeness (QED) is 0.790. The van der Waals surface area contributed by atoms with Crippen molar-refractivity contribution >= 4 is 0 Å². The molecule has 1 N–H and O–H groups in total. The van der Waals surface area contributed by atoms with Crippen LogP contribution in [0.15, 0.2) is 24.3 Å². The summed E-state index contributed by atoms with van der Waals surface area (Å²) < 4.78 is 0. The molecule has 1 aromatic rings. The second-order valence-corrected chi connectivity index (χ2v) is 5.15. The van der Waals surface area contributed by atoms with Gasteiger partial charge >= 0.3 is 0 Å². The first-order valence-electron chi connectivity index (χ1n) is 6.53. The van der Waals surface area contributed by atoms with Crippen molar-refractivity contribution in [2.24, 2.45) is 5.92 Å². The highest BCUT2D eigenvalue weighted by atomic mass is 15.0. The van der Waals surface area contributed by atoms with E-state index in [9.17, 15) is 0 Å². The zero-order valence-corrected chi connectivity index (χ0v) is 10.7. The first kappa shape index (κ1) is 11.7. The lowest BCUT2D eigenvalue weighted by Crippen LogP contribution is -2.32. The van der Waals surface area contributed by atoms with E-state index in [2.05, 4.69) is 50.4 Å². The van der Waals surface area contributed by atoms with Gasteiger partial charge in [-0.3, -0.25) is 0 Å². The highest BCUT2D eigenvalue weighted by Gasteiger charge is 2.30. The molecule has 0 radical (unpaired) electrons. The van der Waals surface area contributed by atoms with Gasteiger partial charge in [0.05, 0.1) is 0 Å². The van der Waals surface area contributed by atoms with Gasteiger partial charge in [0.2, 0.25) is 0 Å². The number of rotatable bonds is 5. The van der Waals surface area contributed by atoms with Gasteiger partial charge in [-0.05, 0) is 44.6 Å². The Bertz CT molecular complexity index is 341. The Morgan fingerprint density at radius 1 is 1.38 bits per heavy atom. The Hall–Kier alpha value is -0.820. The largest absolute Gasteiger partial charge is 0.307 e. The van der Waals surface area contributed by atoms with E-state index >= 15 is 0 Å². The molecule has 2 atom stereocenters. The van der Waals surface area contributed by atoms with Gasteiger partial charge in [0.25, 0.3) is 0 Å². The molecular formula is C15H23N. The molecule has 1 fully saturated rings. The van der Waals surface area contributed by atoms with Gasteiger partial charge in [0.15, 0.2) is 0 Å². The molecule has 0 amide bonds. The third-order valence-corrected chi connectivity index (χ3v) is 3.64. The molecule has 1 aromatic carbocycles. The highest BCUT2D eigenvalue weighted by molar-refractivity contribution is 5.24. The average molecular weight is 217 g/mol. The first-order valence-corrected chi connectivity index (χ1v) is 6.53. The normalized spacial score (nSPS) is 19.4. The zero-order valence-electron chi connectivity index (χ0n) is 10.7. The minimum absolute atomic E-state index is 0.477. The van der Waals surface area contributed by atoms with Crippen LogP contribution >= 0.6 is 0 Å². The standard InChI is InChI=1S/C15H23N/c1-4-15(13-8-9-13)16-12(3)14-7-5-6-11(2)10-14/h5-7,10,12-13,15-16H,4,8-9H2,1-3H3/t12-,15?/m0/s1. The fourth-order valence-corrected chi connectivity index (χ4v) is 2.44. The topological polar surface area (TPSA) is 12.0 Å². The maximum atomic E-state index is 3.77. The van der Waals surface area contributed by atoms with E-state index in [4.69, 9.17) is 0 Å². The Morgan fingerprint density at radius 2 is 2.12 bits per heavy atom. The molecule has 16 heavy (non-hydrogen) atoms. The molecule has 2 rings (SSSR count). The van der Waals surface area contributed by atoms with Gasteiger partial charge in [0.1, 0.15) is 0 Å². The number of hydrogen-bond acceptors (Lipinski definition) is 1. The number of nitrogens with one attached hydrogen (secondary N) is 1. The van der Waals surface area contributed by atoms with E-state index < -0.39 is 0 Å². The van der Waals surface area contributed by atoms with Crippen molar-refractivity contribution in [3.63, 3.8) is 0 Å². The van der Waals surface area contributed by atoms with Crippen LogP contribution in [-0.4, -0.2) is 6.04 Å². The van der Waals surface area contributed by atoms with Crippen LogP contribution in [0.25, 0.3) is 0 Å². The molecule has 1 aliphatic carbocycles. The summed E-state index contributed by atoms with van der Waals surface area (Å²) in [4.78, 5) is 0. The fourth-order valence-electron chi connectivity index (χ4n) is 2.44. The molecule has 1 heteroatoms. The van der Waals surface area contributed by atoms with Gasteiger partial charge in [-0.1, -0.05) is 36.8 Å². The predicted molar refractivity (Wildman–Crippen MR) is 69.5 cm³/mol. The van der Waals surface area contributed by atoms with E-state index in [0.29, 0.717) is 6.04 Å². The minimum atomic E-state index is 0.477. The van der Waals surface area contributed by atoms with E-state index in [1.165, 1.54) is 30.4 Å². The fraction of sp³-hybridized carbons (Fsp3) is 0.600. The second kappa shape index (κ2) is 5.01. The van der Waals surface area contributed by atoms with Crippen molar-refractivity contribution < 1.29 is 0 Å². The van der Waals surface area contributed by atoms with Gasteiger partial charge in [-0.15, -0.1) is 0 Å². The minimum Gasteiger partial charge on any atom is -0.307 e. The monoisotopic (exact) mass is 217 g/mol. The summed E-state index contributed by atoms with van der Waals surface area (Å²) in [5, 5.41) is 3.77. The van der Waals surface area contributed by atoms with E-state index in [1.54, 1.807) is 0 Å². The molecule has 1 unspecified atom stereocenters. The van der Waals surface area contributed by atoms with Crippen LogP contribution in [-0.2, 0) is 0 Å². The third-order valence-electron chi connectivity index (χ3n) is 3.64. The van der Waals surface area contributed by atoms with Crippen LogP contribution in [0.4, 0.5) is 0 Å². The summed E-state index contributed by atoms with van der Waals surface area (Å²) in [6.45, 7) is 6.73. The third kappa shape index (κ3) is 2.85. The summed E-state index contributed by atoms with van der Waals surface area (Å²) in [7, 11) is 0. The van der Waals surface area contributed by atoms with Crippen molar-refractivity contribution in [1.82, 2.24) is 5.32 Å². The summed E-state index contributed by atoms with van der Waals surface area (Å²) in [5.41, 5.74) is 2.77. The van der Waals surface area contributed by atoms with Gasteiger partial charge in [-0.25, -0.2) is 0 Å². The van der Waals surface area contributed by atoms with Crippen LogP contribution in [0.1, 0.15) is 50.3 Å². The smallest absolute Gasteiger partial charge is 0.0294 e. The molecule has 0 heterocycles. The molecular weight excluding hydrogens is 194 g/mol. The van der Waals surface area contributed by atoms with Crippen LogP contribution in [0.3, 0.4) is 0 Å². The van der Waals surface area contributed by atoms with Crippen LogP contribution in [0, 0.1) is 12.8 Å². The van der Waals surface area contributed by atoms with Crippen LogP contribution < -0.4 is 5.32 Å². The second-order valence-electron chi connectivity index (χ2n) is 5.15. The number of hydrogen-bond donors (Lipinski definition) is 1. The van der Waals surface area contributed by atoms with Crippen molar-refractivity contribution in [1.29, 1.82) is 0 Å². The molecule has 0 aromatic heterocycles. The maximum Gasteiger partial charge on any atom is 0.0294 e. The summed E-state index contributed by atoms with van der Waals surface area (Å²) in [5.74, 6) is 0.942. The highest BCUT2D eigenvalue weighted by Crippen LogP contribution is 2.35. The lowest BCUT2D eigenvalue weighted by atomic mass is 10.0. The molecule has 88 valence electrons. The molecule has 1 nitrogen and oxygen atoms in total. The Kier molecular flexibility index (Phi) is 3.65. The molecule has 0 bridgehead atoms. The lowest BCUT2D eigenvalue weighted by Gasteiger charge is -2.22. The Balaban J connectivity index is 1.98. The van der Waals surface area contributed by atoms with Gasteiger partial charge in [0, 0.05) is 12.1 Å². The molecule has 0 spiro atoms. The van der Waals surface area contributed by atoms with Crippen LogP contribution in [0.2, 0.25) is 0 Å². The maximum absolute atomic E-state index is 3.77. The van der Waals surface area contributed by atoms with E-state index in [0.717, 1.165) is 12.0 Å². The van der Waals surface area contributed by atoms with Crippen molar-refractivity contribution in [3.8, 4) is 0 Å². The molecule has 1 saturated carbocycles. The van der Waals surface area contributed by atoms with Crippen LogP contribution in [0.5, 0.6) is 0 Å². The van der Waals surface area contributed by atoms with E-state index in [1.807, 2.05) is 0 Å². The number of benzene rings is 1. The average Bonchev–Trinajstić information content (AvgIpc) is 3.09. The van der Waals surface area contributed by atoms with Crippen molar-refractivity contribution in [2.75, 3.05) is 0 Å². The summed E-state index contributed by atoms with van der Waals surface area (Å²) in [6.07, 6.45) is 4.10. The Morgan fingerprint density at radius 3 is 2.69 bits per heavy atom. The number of aryl methyl sites for hydroxylation is 1. The van der Waals surface area contributed by atoms with Crippen molar-refractivity contribution in [2.45, 2.75) is 52.1 Å². The first-order chi connectivity index (χ1) is 7.70. The van der Waals surface area contributed by atoms with Gasteiger partial charge in [-0.2, -0.15) is 0 Å². The molecule has 0 saturated heterocycles.